The zero-order valence-corrected chi connectivity index (χ0v) is 21.5. The molecule has 3 heterocycles. The summed E-state index contributed by atoms with van der Waals surface area (Å²) in [6, 6.07) is 1.74. The predicted molar refractivity (Wildman–Crippen MR) is 133 cm³/mol. The lowest BCUT2D eigenvalue weighted by Gasteiger charge is -2.43. The highest BCUT2D eigenvalue weighted by Crippen LogP contribution is 2.29. The van der Waals surface area contributed by atoms with Crippen LogP contribution in [0.25, 0.3) is 0 Å². The molecule has 1 atom stereocenters. The maximum absolute atomic E-state index is 13.4. The van der Waals surface area contributed by atoms with E-state index in [0.29, 0.717) is 18.8 Å². The van der Waals surface area contributed by atoms with Crippen molar-refractivity contribution in [3.63, 3.8) is 0 Å². The molecule has 10 nitrogen and oxygen atoms in total. The largest absolute Gasteiger partial charge is 0.351 e. The van der Waals surface area contributed by atoms with Crippen molar-refractivity contribution in [1.82, 2.24) is 35.1 Å². The highest BCUT2D eigenvalue weighted by molar-refractivity contribution is 6.01. The lowest BCUT2D eigenvalue weighted by molar-refractivity contribution is -0.133. The topological polar surface area (TPSA) is 103 Å². The Morgan fingerprint density at radius 3 is 2.54 bits per heavy atom. The fourth-order valence-electron chi connectivity index (χ4n) is 5.40. The summed E-state index contributed by atoms with van der Waals surface area (Å²) in [6.45, 7) is 10.3. The number of nitrogens with one attached hydrogen (secondary N) is 2. The molecule has 35 heavy (non-hydrogen) atoms. The SMILES string of the molecule is CCCN1C(=O)c2cc(C(=O)NCCCN3CCN(C)CC3)nn2CC1(C)C(=O)NC1CCCC1. The first-order valence-corrected chi connectivity index (χ1v) is 13.2. The van der Waals surface area contributed by atoms with Crippen LogP contribution < -0.4 is 10.6 Å². The average Bonchev–Trinajstić information content (AvgIpc) is 3.50. The van der Waals surface area contributed by atoms with Gasteiger partial charge in [-0.05, 0) is 46.2 Å². The third-order valence-electron chi connectivity index (χ3n) is 7.69. The van der Waals surface area contributed by atoms with Crippen molar-refractivity contribution in [3.8, 4) is 0 Å². The van der Waals surface area contributed by atoms with E-state index in [9.17, 15) is 14.4 Å². The first kappa shape index (κ1) is 25.6. The number of amides is 3. The normalized spacial score (nSPS) is 24.0. The standard InChI is InChI=1S/C25H41N7O3/c1-4-11-31-23(34)21-17-20(22(33)26-10-7-12-30-15-13-29(3)14-16-30)28-32(21)18-25(31,2)24(35)27-19-8-5-6-9-19/h17,19H,4-16,18H2,1-3H3,(H,26,33)(H,27,35). The molecule has 2 aliphatic heterocycles. The highest BCUT2D eigenvalue weighted by atomic mass is 16.2. The van der Waals surface area contributed by atoms with Crippen LogP contribution in [0.3, 0.4) is 0 Å². The van der Waals surface area contributed by atoms with Gasteiger partial charge in [0.25, 0.3) is 11.8 Å². The number of hydrogen-bond acceptors (Lipinski definition) is 6. The monoisotopic (exact) mass is 487 g/mol. The van der Waals surface area contributed by atoms with Crippen molar-refractivity contribution >= 4 is 17.7 Å². The van der Waals surface area contributed by atoms with Crippen LogP contribution in [0.4, 0.5) is 0 Å². The number of nitrogens with zero attached hydrogens (tertiary/aromatic N) is 5. The van der Waals surface area contributed by atoms with E-state index in [1.165, 1.54) is 0 Å². The van der Waals surface area contributed by atoms with Gasteiger partial charge in [-0.25, -0.2) is 0 Å². The quantitative estimate of drug-likeness (QED) is 0.503. The second kappa shape index (κ2) is 11.1. The van der Waals surface area contributed by atoms with Gasteiger partial charge in [0.05, 0.1) is 6.54 Å². The van der Waals surface area contributed by atoms with Crippen LogP contribution in [0.2, 0.25) is 0 Å². The zero-order valence-electron chi connectivity index (χ0n) is 21.5. The summed E-state index contributed by atoms with van der Waals surface area (Å²) in [5, 5.41) is 10.5. The van der Waals surface area contributed by atoms with Crippen molar-refractivity contribution in [2.24, 2.45) is 0 Å². The van der Waals surface area contributed by atoms with E-state index in [4.69, 9.17) is 0 Å². The molecule has 0 aromatic carbocycles. The van der Waals surface area contributed by atoms with Gasteiger partial charge in [0.2, 0.25) is 5.91 Å². The lowest BCUT2D eigenvalue weighted by atomic mass is 9.94. The first-order valence-electron chi connectivity index (χ1n) is 13.2. The van der Waals surface area contributed by atoms with Gasteiger partial charge in [-0.3, -0.25) is 19.1 Å². The Balaban J connectivity index is 1.38. The fraction of sp³-hybridized carbons (Fsp3) is 0.760. The summed E-state index contributed by atoms with van der Waals surface area (Å²) in [6.07, 6.45) is 5.82. The minimum atomic E-state index is -1.04. The van der Waals surface area contributed by atoms with E-state index in [0.717, 1.165) is 71.2 Å². The molecule has 2 N–H and O–H groups in total. The number of likely N-dealkylation sites (N-methyl/N-ethyl adjacent to an activating group) is 1. The van der Waals surface area contributed by atoms with Gasteiger partial charge >= 0.3 is 0 Å². The number of carbonyl (C=O) groups is 3. The summed E-state index contributed by atoms with van der Waals surface area (Å²) in [7, 11) is 2.14. The van der Waals surface area contributed by atoms with Gasteiger partial charge in [-0.1, -0.05) is 19.8 Å². The number of fused-ring (bicyclic) bond motifs is 1. The Morgan fingerprint density at radius 1 is 1.14 bits per heavy atom. The van der Waals surface area contributed by atoms with Gasteiger partial charge < -0.3 is 25.3 Å². The maximum atomic E-state index is 13.4. The van der Waals surface area contributed by atoms with Crippen LogP contribution in [0.5, 0.6) is 0 Å². The van der Waals surface area contributed by atoms with E-state index in [1.807, 2.05) is 13.8 Å². The molecule has 0 spiro atoms. The highest BCUT2D eigenvalue weighted by Gasteiger charge is 2.48. The molecule has 2 fully saturated rings. The number of aromatic nitrogens is 2. The maximum Gasteiger partial charge on any atom is 0.273 e. The van der Waals surface area contributed by atoms with E-state index < -0.39 is 5.54 Å². The zero-order chi connectivity index (χ0) is 25.0. The Bertz CT molecular complexity index is 918. The Labute approximate surface area is 208 Å². The van der Waals surface area contributed by atoms with E-state index >= 15 is 0 Å². The smallest absolute Gasteiger partial charge is 0.273 e. The molecule has 10 heteroatoms. The summed E-state index contributed by atoms with van der Waals surface area (Å²) >= 11 is 0. The van der Waals surface area contributed by atoms with Crippen LogP contribution in [-0.4, -0.2) is 107 Å². The van der Waals surface area contributed by atoms with Crippen molar-refractivity contribution in [2.45, 2.75) is 70.5 Å². The van der Waals surface area contributed by atoms with E-state index in [1.54, 1.807) is 15.6 Å². The molecule has 1 aliphatic carbocycles. The van der Waals surface area contributed by atoms with E-state index in [-0.39, 0.29) is 36.0 Å². The summed E-state index contributed by atoms with van der Waals surface area (Å²) in [5.74, 6) is -0.664. The van der Waals surface area contributed by atoms with Gasteiger partial charge in [-0.2, -0.15) is 5.10 Å². The first-order chi connectivity index (χ1) is 16.8. The molecule has 3 amide bonds. The molecule has 3 aliphatic rings. The Kier molecular flexibility index (Phi) is 8.11. The van der Waals surface area contributed by atoms with Crippen molar-refractivity contribution in [3.05, 3.63) is 17.5 Å². The predicted octanol–water partition coefficient (Wildman–Crippen LogP) is 0.934. The molecule has 4 rings (SSSR count). The van der Waals surface area contributed by atoms with Gasteiger partial charge in [0.15, 0.2) is 5.69 Å². The molecule has 194 valence electrons. The molecule has 1 saturated heterocycles. The van der Waals surface area contributed by atoms with Crippen molar-refractivity contribution < 1.29 is 14.4 Å². The second-order valence-electron chi connectivity index (χ2n) is 10.5. The van der Waals surface area contributed by atoms with Crippen LogP contribution >= 0.6 is 0 Å². The minimum absolute atomic E-state index is 0.137. The second-order valence-corrected chi connectivity index (χ2v) is 10.5. The van der Waals surface area contributed by atoms with Crippen LogP contribution in [0, 0.1) is 0 Å². The third kappa shape index (κ3) is 5.69. The van der Waals surface area contributed by atoms with Crippen molar-refractivity contribution in [2.75, 3.05) is 52.9 Å². The molecule has 1 aromatic rings. The molecular weight excluding hydrogens is 446 g/mol. The lowest BCUT2D eigenvalue weighted by Crippen LogP contribution is -2.65. The Hall–Kier alpha value is -2.46. The van der Waals surface area contributed by atoms with Gasteiger partial charge in [0.1, 0.15) is 11.2 Å². The summed E-state index contributed by atoms with van der Waals surface area (Å²) < 4.78 is 1.54. The molecule has 1 saturated carbocycles. The molecule has 1 unspecified atom stereocenters. The number of piperazine rings is 1. The molecular formula is C25H41N7O3. The molecule has 0 bridgehead atoms. The molecule has 1 aromatic heterocycles. The minimum Gasteiger partial charge on any atom is -0.351 e. The fourth-order valence-corrected chi connectivity index (χ4v) is 5.40. The van der Waals surface area contributed by atoms with Crippen LogP contribution in [0.1, 0.15) is 73.3 Å². The summed E-state index contributed by atoms with van der Waals surface area (Å²) in [5.41, 5.74) is -0.442. The van der Waals surface area contributed by atoms with Gasteiger partial charge in [-0.15, -0.1) is 0 Å². The van der Waals surface area contributed by atoms with Crippen molar-refractivity contribution in [1.29, 1.82) is 0 Å². The van der Waals surface area contributed by atoms with Gasteiger partial charge in [0, 0.05) is 51.4 Å². The Morgan fingerprint density at radius 2 is 1.86 bits per heavy atom. The summed E-state index contributed by atoms with van der Waals surface area (Å²) in [4.78, 5) is 45.9. The molecule has 0 radical (unpaired) electrons. The number of rotatable bonds is 9. The number of hydrogen-bond donors (Lipinski definition) is 2. The van der Waals surface area contributed by atoms with Crippen LogP contribution in [-0.2, 0) is 11.3 Å². The average molecular weight is 488 g/mol. The van der Waals surface area contributed by atoms with Crippen LogP contribution in [0.15, 0.2) is 6.07 Å². The third-order valence-corrected chi connectivity index (χ3v) is 7.69. The van der Waals surface area contributed by atoms with E-state index in [2.05, 4.69) is 32.6 Å². The number of carbonyl (C=O) groups excluding carboxylic acids is 3.